The van der Waals surface area contributed by atoms with Gasteiger partial charge in [-0.2, -0.15) is 0 Å². The maximum Gasteiger partial charge on any atom is 0.488 e. The van der Waals surface area contributed by atoms with Gasteiger partial charge in [-0.3, -0.25) is 9.59 Å². The predicted octanol–water partition coefficient (Wildman–Crippen LogP) is 14.4. The minimum Gasteiger partial charge on any atom is -0.423 e. The molecule has 0 atom stereocenters. The fourth-order valence-electron chi connectivity index (χ4n) is 12.5. The molecule has 0 fully saturated rings. The molecule has 0 aliphatic heterocycles. The predicted molar refractivity (Wildman–Crippen MR) is 519 cm³/mol. The molecular formula is C88H76B2Br3IN10O18S6. The van der Waals surface area contributed by atoms with Crippen molar-refractivity contribution in [3.8, 4) is 44.5 Å². The molecule has 0 saturated carbocycles. The standard InChI is InChI=1S/C23H19N3O3S.C21H17BrN2O4S2.C14H10BrIN2O2S.C14H11BrN2O2S.C9H10BNO3.C7H9BO4S/c1-3-22(27)26-18-8-4-6-15(10-18)17-12-20-21(14-25-23(20)24-13-17)16-7-5-9-19(11-16)30(2,28)29;1-14-6-8-17(9-7-14)30(27,28)24-13-20(19-11-16(22)12-23-21(19)24)15-4-3-5-18(10-15)29(2,25)26;1-9-2-4-11(5-3-9)21(19,20)18-8-13(16)12-6-10(15)7-17-14(12)18;1-20(18,19)11-4-2-3-9(5-11)13-8-17-14-12(13)6-10(15)7-16-14;1-2-9(12)11-8-5-3-4-7(6-8)10(13)14;1-13(11,12)7-4-2-3-6(5-7)8(9)10/h3-14H,1H2,2H3,(H,24,25)(H,26,27);3-13H,1-2H3;2-8H,1H3;2-8H,1H3,(H,16,17);2-6,13-14H,1H2,(H,11,12);2-5,9-10H,1H3. The summed E-state index contributed by atoms with van der Waals surface area (Å²) in [7, 11) is -23.9. The number of hydrogen-bond acceptors (Lipinski definition) is 22. The second kappa shape index (κ2) is 41.0. The van der Waals surface area contributed by atoms with Crippen LogP contribution in [0.2, 0.25) is 0 Å². The lowest BCUT2D eigenvalue weighted by molar-refractivity contribution is -0.112. The molecule has 0 aliphatic carbocycles. The lowest BCUT2D eigenvalue weighted by atomic mass is 9.80. The monoisotopic (exact) mass is 2140 g/mol. The van der Waals surface area contributed by atoms with Gasteiger partial charge in [0.2, 0.25) is 11.8 Å². The summed E-state index contributed by atoms with van der Waals surface area (Å²) in [5, 5.41) is 43.7. The van der Waals surface area contributed by atoms with Crippen LogP contribution in [0.1, 0.15) is 11.1 Å². The number of aromatic nitrogens is 8. The third-order valence-electron chi connectivity index (χ3n) is 18.9. The van der Waals surface area contributed by atoms with Gasteiger partial charge >= 0.3 is 14.2 Å². The van der Waals surface area contributed by atoms with E-state index in [9.17, 15) is 60.1 Å². The number of benzene rings is 8. The van der Waals surface area contributed by atoms with E-state index >= 15 is 0 Å². The normalized spacial score (nSPS) is 11.5. The van der Waals surface area contributed by atoms with Gasteiger partial charge in [-0.15, -0.1) is 0 Å². The summed E-state index contributed by atoms with van der Waals surface area (Å²) in [5.74, 6) is -0.617. The number of aryl methyl sites for hydroxylation is 2. The second-order valence-corrected chi connectivity index (χ2v) is 44.1. The average Bonchev–Trinajstić information content (AvgIpc) is 1.60. The molecule has 656 valence electrons. The van der Waals surface area contributed by atoms with E-state index in [0.29, 0.717) is 54.0 Å². The molecule has 8 aromatic heterocycles. The van der Waals surface area contributed by atoms with Gasteiger partial charge < -0.3 is 40.7 Å². The number of fused-ring (bicyclic) bond motifs is 4. The molecule has 0 bridgehead atoms. The van der Waals surface area contributed by atoms with Crippen molar-refractivity contribution in [2.45, 2.75) is 43.2 Å². The number of anilines is 2. The van der Waals surface area contributed by atoms with Crippen LogP contribution in [0.5, 0.6) is 0 Å². The average molecular weight is 2140 g/mol. The molecule has 8 heterocycles. The highest BCUT2D eigenvalue weighted by Crippen LogP contribution is 2.38. The molecule has 0 unspecified atom stereocenters. The summed E-state index contributed by atoms with van der Waals surface area (Å²) in [6, 6.07) is 60.4. The van der Waals surface area contributed by atoms with Gasteiger partial charge in [0.1, 0.15) is 11.3 Å². The molecule has 128 heavy (non-hydrogen) atoms. The van der Waals surface area contributed by atoms with Crippen molar-refractivity contribution in [3.05, 3.63) is 321 Å². The molecule has 0 aliphatic rings. The first-order chi connectivity index (χ1) is 60.3. The molecule has 28 nitrogen and oxygen atoms in total. The smallest absolute Gasteiger partial charge is 0.423 e. The third-order valence-corrected chi connectivity index (χ3v) is 28.8. The van der Waals surface area contributed by atoms with Crippen LogP contribution >= 0.6 is 70.4 Å². The van der Waals surface area contributed by atoms with E-state index < -0.39 is 73.6 Å². The zero-order chi connectivity index (χ0) is 93.1. The van der Waals surface area contributed by atoms with Crippen molar-refractivity contribution >= 4 is 222 Å². The third kappa shape index (κ3) is 24.4. The van der Waals surface area contributed by atoms with Gasteiger partial charge in [0.25, 0.3) is 20.0 Å². The molecule has 8 aromatic carbocycles. The number of nitrogens with zero attached hydrogens (tertiary/aromatic N) is 6. The quantitative estimate of drug-likeness (QED) is 0.0225. The lowest BCUT2D eigenvalue weighted by Crippen LogP contribution is -2.30. The van der Waals surface area contributed by atoms with Gasteiger partial charge in [0, 0.05) is 147 Å². The zero-order valence-electron chi connectivity index (χ0n) is 68.3. The number of hydrogen-bond donors (Lipinski definition) is 8. The van der Waals surface area contributed by atoms with Crippen molar-refractivity contribution in [1.82, 2.24) is 37.8 Å². The first-order valence-electron chi connectivity index (χ1n) is 37.5. The lowest BCUT2D eigenvalue weighted by Gasteiger charge is -2.07. The van der Waals surface area contributed by atoms with Gasteiger partial charge in [-0.25, -0.2) is 78.4 Å². The van der Waals surface area contributed by atoms with Crippen molar-refractivity contribution in [1.29, 1.82) is 0 Å². The molecule has 0 spiro atoms. The summed E-state index contributed by atoms with van der Waals surface area (Å²) >= 11 is 12.2. The Morgan fingerprint density at radius 2 is 0.742 bits per heavy atom. The molecule has 40 heteroatoms. The van der Waals surface area contributed by atoms with E-state index in [1.54, 1.807) is 152 Å². The topological polar surface area (TPSA) is 437 Å². The number of aromatic amines is 2. The number of carbonyl (C=O) groups is 2. The minimum absolute atomic E-state index is 0.0816. The highest BCUT2D eigenvalue weighted by atomic mass is 127. The number of halogens is 4. The number of sulfone groups is 4. The molecule has 2 amide bonds. The largest absolute Gasteiger partial charge is 0.488 e. The Morgan fingerprint density at radius 3 is 1.19 bits per heavy atom. The summed E-state index contributed by atoms with van der Waals surface area (Å²) in [4.78, 5) is 47.3. The number of pyridine rings is 4. The van der Waals surface area contributed by atoms with Crippen molar-refractivity contribution in [3.63, 3.8) is 0 Å². The number of H-pyrrole nitrogens is 2. The molecule has 0 radical (unpaired) electrons. The first-order valence-corrected chi connectivity index (χ1v) is 51.5. The number of nitrogens with one attached hydrogen (secondary N) is 4. The summed E-state index contributed by atoms with van der Waals surface area (Å²) in [6.45, 7) is 10.6. The van der Waals surface area contributed by atoms with E-state index in [1.807, 2.05) is 74.8 Å². The Hall–Kier alpha value is -11.2. The summed E-state index contributed by atoms with van der Waals surface area (Å²) in [5.41, 5.74) is 12.1. The van der Waals surface area contributed by atoms with Gasteiger partial charge in [-0.1, -0.05) is 121 Å². The highest BCUT2D eigenvalue weighted by molar-refractivity contribution is 14.1. The van der Waals surface area contributed by atoms with Crippen molar-refractivity contribution in [2.75, 3.05) is 35.7 Å². The zero-order valence-corrected chi connectivity index (χ0v) is 80.1. The first kappa shape index (κ1) is 97.4. The Morgan fingerprint density at radius 1 is 0.391 bits per heavy atom. The van der Waals surface area contributed by atoms with E-state index in [2.05, 4.69) is 124 Å². The highest BCUT2D eigenvalue weighted by Gasteiger charge is 2.26. The Kier molecular flexibility index (Phi) is 31.2. The maximum absolute atomic E-state index is 13.3. The molecule has 16 aromatic rings. The number of amides is 2. The van der Waals surface area contributed by atoms with E-state index in [4.69, 9.17) is 20.1 Å². The fourth-order valence-corrected chi connectivity index (χ4v) is 19.6. The molecular weight excluding hydrogens is 2070 g/mol. The van der Waals surface area contributed by atoms with E-state index in [1.165, 1.54) is 77.4 Å². The Balaban J connectivity index is 0.000000153. The number of carbonyl (C=O) groups excluding carboxylic acids is 2. The van der Waals surface area contributed by atoms with Gasteiger partial charge in [-0.05, 0) is 251 Å². The van der Waals surface area contributed by atoms with E-state index in [0.717, 1.165) is 101 Å². The maximum atomic E-state index is 13.3. The van der Waals surface area contributed by atoms with Gasteiger partial charge in [0.15, 0.2) is 50.6 Å². The van der Waals surface area contributed by atoms with Crippen LogP contribution < -0.4 is 21.6 Å². The van der Waals surface area contributed by atoms with Crippen LogP contribution in [-0.4, -0.2) is 160 Å². The number of rotatable bonds is 18. The fraction of sp³-hybridized carbons (Fsp3) is 0.0682. The summed E-state index contributed by atoms with van der Waals surface area (Å²) in [6.07, 6.45) is 20.3. The minimum atomic E-state index is -3.90. The van der Waals surface area contributed by atoms with Crippen LogP contribution in [0.3, 0.4) is 0 Å². The SMILES string of the molecule is C=CC(=O)Nc1cccc(-c2cnc3[nH]cc(-c4cccc(S(C)(=O)=O)c4)c3c2)c1.C=CC(=O)Nc1cccc(B(O)O)c1.CS(=O)(=O)c1cccc(-c2c[nH]c3ncc(Br)cc23)c1.CS(=O)(=O)c1cccc(B(O)O)c1.Cc1ccc(S(=O)(=O)n2cc(-c3cccc(S(C)(=O)=O)c3)c3cc(Br)cnc32)cc1.Cc1ccc(S(=O)(=O)n2cc(I)c3cc(Br)cnc32)cc1. The molecule has 8 N–H and O–H groups in total. The van der Waals surface area contributed by atoms with Crippen LogP contribution in [0.4, 0.5) is 11.4 Å². The van der Waals surface area contributed by atoms with Crippen LogP contribution in [0, 0.1) is 17.4 Å². The van der Waals surface area contributed by atoms with Crippen LogP contribution in [0.15, 0.2) is 336 Å². The Bertz CT molecular complexity index is 7700. The summed E-state index contributed by atoms with van der Waals surface area (Å²) < 4.78 is 151. The molecule has 0 saturated heterocycles. The van der Waals surface area contributed by atoms with Crippen molar-refractivity contribution < 1.29 is 80.2 Å². The molecule has 16 rings (SSSR count). The van der Waals surface area contributed by atoms with Crippen LogP contribution in [0.25, 0.3) is 88.6 Å². The van der Waals surface area contributed by atoms with Crippen LogP contribution in [-0.2, 0) is 69.0 Å². The van der Waals surface area contributed by atoms with E-state index in [-0.39, 0.29) is 47.4 Å². The van der Waals surface area contributed by atoms with Gasteiger partial charge in [0.05, 0.1) is 29.4 Å². The Labute approximate surface area is 777 Å². The second-order valence-electron chi connectivity index (χ2n) is 28.5. The van der Waals surface area contributed by atoms with Crippen molar-refractivity contribution in [2.24, 2.45) is 0 Å².